The second-order valence-corrected chi connectivity index (χ2v) is 9.82. The number of hydrogen-bond acceptors (Lipinski definition) is 4. The average Bonchev–Trinajstić information content (AvgIpc) is 3.48. The van der Waals surface area contributed by atoms with Crippen molar-refractivity contribution in [3.63, 3.8) is 0 Å². The monoisotopic (exact) mass is 588 g/mol. The Morgan fingerprint density at radius 3 is 2.15 bits per heavy atom. The zero-order valence-corrected chi connectivity index (χ0v) is 22.1. The van der Waals surface area contributed by atoms with E-state index in [1.54, 1.807) is 23.1 Å². The minimum absolute atomic E-state index is 0. The van der Waals surface area contributed by atoms with E-state index in [0.717, 1.165) is 15.6 Å². The summed E-state index contributed by atoms with van der Waals surface area (Å²) in [5, 5.41) is 10.6. The molecule has 0 saturated heterocycles. The summed E-state index contributed by atoms with van der Waals surface area (Å²) in [6, 6.07) is 25.5. The van der Waals surface area contributed by atoms with Crippen molar-refractivity contribution in [1.82, 2.24) is 4.98 Å². The normalized spacial score (nSPS) is 14.6. The van der Waals surface area contributed by atoms with Gasteiger partial charge in [-0.05, 0) is 35.1 Å². The molecule has 0 unspecified atom stereocenters. The Bertz CT molecular complexity index is 1530. The van der Waals surface area contributed by atoms with Gasteiger partial charge in [-0.1, -0.05) is 103 Å². The quantitative estimate of drug-likeness (QED) is 0.129. The number of nitrogens with zero attached hydrogens (tertiary/aromatic N) is 1. The number of nitrogens with one attached hydrogen (secondary N) is 1. The van der Waals surface area contributed by atoms with Crippen LogP contribution < -0.4 is 5.32 Å². The third-order valence-electron chi connectivity index (χ3n) is 5.58. The first kappa shape index (κ1) is 22.9. The molecule has 0 spiro atoms. The Labute approximate surface area is 223 Å². The van der Waals surface area contributed by atoms with E-state index in [9.17, 15) is 0 Å². The van der Waals surface area contributed by atoms with Gasteiger partial charge in [0, 0.05) is 15.7 Å². The van der Waals surface area contributed by atoms with E-state index >= 15 is 0 Å². The predicted molar refractivity (Wildman–Crippen MR) is 161 cm³/mol. The summed E-state index contributed by atoms with van der Waals surface area (Å²) in [7, 11) is 0. The van der Waals surface area contributed by atoms with Gasteiger partial charge in [0.2, 0.25) is 0 Å². The van der Waals surface area contributed by atoms with Crippen molar-refractivity contribution in [2.75, 3.05) is 5.32 Å². The van der Waals surface area contributed by atoms with Crippen LogP contribution in [-0.4, -0.2) is 4.98 Å². The van der Waals surface area contributed by atoms with Crippen molar-refractivity contribution < 1.29 is 0 Å². The van der Waals surface area contributed by atoms with Crippen LogP contribution in [0, 0.1) is 0 Å². The molecule has 34 heavy (non-hydrogen) atoms. The number of rotatable bonds is 4. The van der Waals surface area contributed by atoms with Gasteiger partial charge in [-0.25, -0.2) is 4.98 Å². The molecule has 5 heteroatoms. The van der Waals surface area contributed by atoms with Crippen LogP contribution in [-0.2, 0) is 0 Å². The van der Waals surface area contributed by atoms with Crippen LogP contribution in [0.3, 0.4) is 0 Å². The highest BCUT2D eigenvalue weighted by Gasteiger charge is 2.13. The lowest BCUT2D eigenvalue weighted by atomic mass is 10.0. The fraction of sp³-hybridized carbons (Fsp3) is 0. The number of allylic oxidation sites excluding steroid dienone is 6. The van der Waals surface area contributed by atoms with Crippen LogP contribution in [0.4, 0.5) is 5.69 Å². The Balaban J connectivity index is 0.00000241. The molecule has 0 saturated carbocycles. The van der Waals surface area contributed by atoms with Crippen LogP contribution in [0.15, 0.2) is 119 Å². The summed E-state index contributed by atoms with van der Waals surface area (Å²) in [6.07, 6.45) is 14.4. The second-order valence-electron chi connectivity index (χ2n) is 7.70. The lowest BCUT2D eigenvalue weighted by Crippen LogP contribution is -1.86. The first-order valence-corrected chi connectivity index (χ1v) is 12.5. The first-order valence-electron chi connectivity index (χ1n) is 10.8. The molecule has 1 aliphatic rings. The molecule has 0 aliphatic carbocycles. The van der Waals surface area contributed by atoms with Crippen molar-refractivity contribution in [1.29, 1.82) is 0 Å². The van der Waals surface area contributed by atoms with E-state index in [2.05, 4.69) is 102 Å². The molecule has 1 aliphatic heterocycles. The Kier molecular flexibility index (Phi) is 6.85. The third kappa shape index (κ3) is 4.43. The summed E-state index contributed by atoms with van der Waals surface area (Å²) in [5.41, 5.74) is 2.27. The molecule has 0 atom stereocenters. The zero-order chi connectivity index (χ0) is 22.0. The number of aromatic nitrogens is 1. The number of anilines is 1. The third-order valence-corrected chi connectivity index (χ3v) is 7.67. The van der Waals surface area contributed by atoms with E-state index in [4.69, 9.17) is 4.98 Å². The summed E-state index contributed by atoms with van der Waals surface area (Å²) >= 11 is 3.51. The zero-order valence-electron chi connectivity index (χ0n) is 18.1. The van der Waals surface area contributed by atoms with Crippen molar-refractivity contribution in [2.45, 2.75) is 4.90 Å². The lowest BCUT2D eigenvalue weighted by molar-refractivity contribution is 1.46. The second kappa shape index (κ2) is 10.2. The molecular weight excluding hydrogens is 567 g/mol. The summed E-state index contributed by atoms with van der Waals surface area (Å²) < 4.78 is 1.25. The number of benzene rings is 4. The number of thiazole rings is 1. The van der Waals surface area contributed by atoms with Crippen molar-refractivity contribution >= 4 is 90.6 Å². The largest absolute Gasteiger partial charge is 0.349 e. The van der Waals surface area contributed by atoms with Crippen LogP contribution >= 0.6 is 47.1 Å². The molecule has 2 heterocycles. The molecule has 0 fully saturated rings. The topological polar surface area (TPSA) is 24.9 Å². The Hall–Kier alpha value is -2.87. The highest BCUT2D eigenvalue weighted by molar-refractivity contribution is 14.0. The van der Waals surface area contributed by atoms with Gasteiger partial charge in [0.05, 0.1) is 20.9 Å². The molecule has 6 rings (SSSR count). The van der Waals surface area contributed by atoms with Gasteiger partial charge in [-0.3, -0.25) is 0 Å². The van der Waals surface area contributed by atoms with Crippen molar-refractivity contribution in [3.8, 4) is 0 Å². The smallest absolute Gasteiger partial charge is 0.117 e. The van der Waals surface area contributed by atoms with Gasteiger partial charge in [0.25, 0.3) is 0 Å². The number of thioether (sulfide) groups is 1. The molecule has 5 aromatic rings. The number of hydrogen-bond donors (Lipinski definition) is 1. The maximum atomic E-state index is 4.96. The first-order chi connectivity index (χ1) is 16.4. The molecule has 0 radical (unpaired) electrons. The minimum atomic E-state index is 0. The highest BCUT2D eigenvalue weighted by atomic mass is 127. The molecule has 0 amide bonds. The summed E-state index contributed by atoms with van der Waals surface area (Å²) in [5.74, 6) is 0. The van der Waals surface area contributed by atoms with E-state index in [-0.39, 0.29) is 24.0 Å². The molecular formula is C29H21IN2S2. The van der Waals surface area contributed by atoms with Crippen molar-refractivity contribution in [3.05, 3.63) is 119 Å². The molecule has 1 N–H and O–H groups in total. The van der Waals surface area contributed by atoms with E-state index in [0.29, 0.717) is 0 Å². The molecule has 1 aromatic heterocycles. The van der Waals surface area contributed by atoms with E-state index in [1.807, 2.05) is 18.2 Å². The van der Waals surface area contributed by atoms with Crippen LogP contribution in [0.1, 0.15) is 5.01 Å². The van der Waals surface area contributed by atoms with Crippen LogP contribution in [0.25, 0.3) is 37.8 Å². The molecule has 2 nitrogen and oxygen atoms in total. The van der Waals surface area contributed by atoms with Crippen molar-refractivity contribution in [2.24, 2.45) is 0 Å². The van der Waals surface area contributed by atoms with Gasteiger partial charge < -0.3 is 5.32 Å². The highest BCUT2D eigenvalue weighted by Crippen LogP contribution is 2.40. The predicted octanol–water partition coefficient (Wildman–Crippen LogP) is 9.41. The number of para-hydroxylation sites is 1. The molecule has 166 valence electrons. The summed E-state index contributed by atoms with van der Waals surface area (Å²) in [4.78, 5) is 6.23. The van der Waals surface area contributed by atoms with Gasteiger partial charge in [-0.15, -0.1) is 35.3 Å². The standard InChI is InChI=1S/C29H20N2S2.HI/c1(2-4-18-26-30-24-16-10-11-17-25(24)32-26)3-5-19-27-31-28-22-14-8-6-12-20(22)21-13-7-9-15-23(21)29(28)33-27;/h1-19,30H;1H. The van der Waals surface area contributed by atoms with Gasteiger partial charge in [0.1, 0.15) is 5.01 Å². The summed E-state index contributed by atoms with van der Waals surface area (Å²) in [6.45, 7) is 0. The van der Waals surface area contributed by atoms with E-state index in [1.165, 1.54) is 36.8 Å². The average molecular weight is 589 g/mol. The molecule has 0 bridgehead atoms. The number of fused-ring (bicyclic) bond motifs is 7. The molecule has 4 aromatic carbocycles. The van der Waals surface area contributed by atoms with E-state index < -0.39 is 0 Å². The lowest BCUT2D eigenvalue weighted by Gasteiger charge is -2.05. The SMILES string of the molecule is C(=CC=Cc1nc2c3ccccc3c3ccccc3c2s1)C=CC=C1Nc2ccccc2S1.I. The fourth-order valence-electron chi connectivity index (χ4n) is 4.10. The Morgan fingerprint density at radius 2 is 1.32 bits per heavy atom. The van der Waals surface area contributed by atoms with Crippen LogP contribution in [0.2, 0.25) is 0 Å². The van der Waals surface area contributed by atoms with Gasteiger partial charge in [-0.2, -0.15) is 0 Å². The van der Waals surface area contributed by atoms with Crippen LogP contribution in [0.5, 0.6) is 0 Å². The minimum Gasteiger partial charge on any atom is -0.349 e. The van der Waals surface area contributed by atoms with Gasteiger partial charge in [0.15, 0.2) is 0 Å². The fourth-order valence-corrected chi connectivity index (χ4v) is 6.05. The maximum absolute atomic E-state index is 4.96. The maximum Gasteiger partial charge on any atom is 0.117 e. The van der Waals surface area contributed by atoms with Gasteiger partial charge >= 0.3 is 0 Å². The number of halogens is 1. The Morgan fingerprint density at radius 1 is 0.676 bits per heavy atom.